The lowest BCUT2D eigenvalue weighted by atomic mass is 10.9. The Labute approximate surface area is 47.9 Å². The van der Waals surface area contributed by atoms with Crippen LogP contribution < -0.4 is 0 Å². The Balaban J connectivity index is 3.36. The Morgan fingerprint density at radius 1 is 1.29 bits per heavy atom. The highest BCUT2D eigenvalue weighted by Crippen LogP contribution is 2.10. The van der Waals surface area contributed by atoms with E-state index in [2.05, 4.69) is 26.9 Å². The molecular weight excluding hydrogens is 100 g/mol. The highest BCUT2D eigenvalue weighted by Gasteiger charge is 2.13. The molecule has 0 aromatic rings. The second-order valence-corrected chi connectivity index (χ2v) is 7.55. The lowest BCUT2D eigenvalue weighted by molar-refractivity contribution is 1.27. The lowest BCUT2D eigenvalue weighted by Gasteiger charge is -2.15. The van der Waals surface area contributed by atoms with Crippen LogP contribution in [0.5, 0.6) is 0 Å². The van der Waals surface area contributed by atoms with Crippen molar-refractivity contribution in [2.75, 3.05) is 0 Å². The maximum absolute atomic E-state index is 4.15. The van der Waals surface area contributed by atoms with Gasteiger partial charge in [-0.1, -0.05) is 39.0 Å². The van der Waals surface area contributed by atoms with Crippen LogP contribution in [0.2, 0.25) is 18.6 Å². The molecule has 0 aromatic carbocycles. The molecule has 1 heteroatoms. The Morgan fingerprint density at radius 3 is 1.57 bits per heavy atom. The van der Waals surface area contributed by atoms with Gasteiger partial charge >= 0.3 is 0 Å². The van der Waals surface area contributed by atoms with E-state index in [0.717, 1.165) is 0 Å². The molecule has 7 heavy (non-hydrogen) atoms. The van der Waals surface area contributed by atoms with E-state index in [9.17, 15) is 0 Å². The Kier molecular flexibility index (Phi) is 2.58. The maximum atomic E-state index is 4.15. The largest absolute Gasteiger partial charge is 0.0692 e. The van der Waals surface area contributed by atoms with Crippen LogP contribution in [-0.2, 0) is 0 Å². The van der Waals surface area contributed by atoms with Crippen molar-refractivity contribution in [3.8, 4) is 0 Å². The molecule has 0 aliphatic heterocycles. The average molecular weight is 115 g/mol. The molecular formula is C6H15Si. The third-order valence-corrected chi connectivity index (χ3v) is 5.12. The van der Waals surface area contributed by atoms with Crippen LogP contribution in [0.25, 0.3) is 0 Å². The van der Waals surface area contributed by atoms with Crippen molar-refractivity contribution >= 4 is 8.07 Å². The molecule has 0 rings (SSSR count). The molecule has 0 amide bonds. The van der Waals surface area contributed by atoms with E-state index in [1.165, 1.54) is 12.1 Å². The van der Waals surface area contributed by atoms with Gasteiger partial charge in [0.05, 0.1) is 0 Å². The van der Waals surface area contributed by atoms with Crippen molar-refractivity contribution in [1.82, 2.24) is 0 Å². The summed E-state index contributed by atoms with van der Waals surface area (Å²) in [5.74, 6) is 0. The van der Waals surface area contributed by atoms with E-state index in [4.69, 9.17) is 0 Å². The molecule has 0 unspecified atom stereocenters. The van der Waals surface area contributed by atoms with Gasteiger partial charge < -0.3 is 0 Å². The summed E-state index contributed by atoms with van der Waals surface area (Å²) in [7, 11) is -0.901. The minimum atomic E-state index is -0.901. The summed E-state index contributed by atoms with van der Waals surface area (Å²) >= 11 is 0. The van der Waals surface area contributed by atoms with Crippen LogP contribution in [0.4, 0.5) is 0 Å². The summed E-state index contributed by atoms with van der Waals surface area (Å²) in [5.41, 5.74) is 0. The van der Waals surface area contributed by atoms with Crippen LogP contribution in [-0.4, -0.2) is 8.07 Å². The second kappa shape index (κ2) is 2.51. The van der Waals surface area contributed by atoms with E-state index in [-0.39, 0.29) is 0 Å². The van der Waals surface area contributed by atoms with Gasteiger partial charge in [0.25, 0.3) is 0 Å². The highest BCUT2D eigenvalue weighted by molar-refractivity contribution is 6.80. The molecule has 1 radical (unpaired) electrons. The van der Waals surface area contributed by atoms with E-state index in [1.54, 1.807) is 0 Å². The molecule has 0 nitrogen and oxygen atoms in total. The van der Waals surface area contributed by atoms with Crippen molar-refractivity contribution in [2.45, 2.75) is 32.5 Å². The Morgan fingerprint density at radius 2 is 1.57 bits per heavy atom. The Hall–Kier alpha value is 0.217. The summed E-state index contributed by atoms with van der Waals surface area (Å²) in [4.78, 5) is 0. The molecule has 0 saturated heterocycles. The van der Waals surface area contributed by atoms with Crippen molar-refractivity contribution in [1.29, 1.82) is 0 Å². The monoisotopic (exact) mass is 115 g/mol. The van der Waals surface area contributed by atoms with E-state index < -0.39 is 8.07 Å². The summed E-state index contributed by atoms with van der Waals surface area (Å²) in [6.45, 7) is 10.9. The third-order valence-electron chi connectivity index (χ3n) is 1.71. The quantitative estimate of drug-likeness (QED) is 0.485. The maximum Gasteiger partial charge on any atom is 0.0496 e. The van der Waals surface area contributed by atoms with Crippen LogP contribution >= 0.6 is 0 Å². The Bertz CT molecular complexity index is 42.1. The van der Waals surface area contributed by atoms with Gasteiger partial charge in [-0.05, 0) is 0 Å². The molecule has 0 spiro atoms. The molecule has 0 aliphatic rings. The van der Waals surface area contributed by atoms with Gasteiger partial charge in [-0.15, -0.1) is 0 Å². The van der Waals surface area contributed by atoms with Gasteiger partial charge in [0.1, 0.15) is 0 Å². The zero-order valence-corrected chi connectivity index (χ0v) is 6.62. The van der Waals surface area contributed by atoms with Crippen molar-refractivity contribution < 1.29 is 0 Å². The van der Waals surface area contributed by atoms with Gasteiger partial charge in [-0.2, -0.15) is 0 Å². The summed E-state index contributed by atoms with van der Waals surface area (Å²) in [6.07, 6.45) is 0. The third kappa shape index (κ3) is 2.86. The zero-order chi connectivity index (χ0) is 5.91. The topological polar surface area (TPSA) is 0 Å². The fourth-order valence-corrected chi connectivity index (χ4v) is 0.750. The molecule has 0 atom stereocenters. The fourth-order valence-electron chi connectivity index (χ4n) is 0.250. The smallest absolute Gasteiger partial charge is 0.0496 e. The van der Waals surface area contributed by atoms with Crippen molar-refractivity contribution in [2.24, 2.45) is 0 Å². The first-order chi connectivity index (χ1) is 3.12. The van der Waals surface area contributed by atoms with Crippen molar-refractivity contribution in [3.05, 3.63) is 6.55 Å². The zero-order valence-electron chi connectivity index (χ0n) is 5.62. The molecule has 0 bridgehead atoms. The van der Waals surface area contributed by atoms with Crippen LogP contribution in [0.3, 0.4) is 0 Å². The predicted molar refractivity (Wildman–Crippen MR) is 37.9 cm³/mol. The minimum absolute atomic E-state index is 0.901. The van der Waals surface area contributed by atoms with Crippen molar-refractivity contribution in [3.63, 3.8) is 0 Å². The molecule has 43 valence electrons. The van der Waals surface area contributed by atoms with E-state index in [0.29, 0.717) is 0 Å². The summed E-state index contributed by atoms with van der Waals surface area (Å²) in [6, 6.07) is 2.65. The fraction of sp³-hybridized carbons (Fsp3) is 0.833. The summed E-state index contributed by atoms with van der Waals surface area (Å²) in [5, 5.41) is 0. The minimum Gasteiger partial charge on any atom is -0.0692 e. The van der Waals surface area contributed by atoms with Gasteiger partial charge in [0, 0.05) is 8.07 Å². The molecule has 0 fully saturated rings. The standard InChI is InChI=1S/C6H15Si/c1-5-7(3,4)6-2/h3,5-6H2,1-2,4H3. The first-order valence-electron chi connectivity index (χ1n) is 2.97. The first-order valence-corrected chi connectivity index (χ1v) is 6.10. The number of hydrogen-bond acceptors (Lipinski definition) is 0. The van der Waals surface area contributed by atoms with Crippen LogP contribution in [0.15, 0.2) is 0 Å². The molecule has 0 saturated carbocycles. The summed E-state index contributed by atoms with van der Waals surface area (Å²) < 4.78 is 0. The second-order valence-electron chi connectivity index (χ2n) is 2.52. The van der Waals surface area contributed by atoms with Gasteiger partial charge in [0.2, 0.25) is 0 Å². The van der Waals surface area contributed by atoms with Gasteiger partial charge in [0.15, 0.2) is 0 Å². The van der Waals surface area contributed by atoms with E-state index >= 15 is 0 Å². The van der Waals surface area contributed by atoms with Crippen LogP contribution in [0.1, 0.15) is 13.8 Å². The van der Waals surface area contributed by atoms with Gasteiger partial charge in [-0.25, -0.2) is 0 Å². The highest BCUT2D eigenvalue weighted by atomic mass is 28.3. The predicted octanol–water partition coefficient (Wildman–Crippen LogP) is 2.48. The average Bonchev–Trinajstić information content (AvgIpc) is 1.68. The number of rotatable bonds is 2. The molecule has 0 aromatic heterocycles. The number of hydrogen-bond donors (Lipinski definition) is 0. The SMILES string of the molecule is [CH2][Si](C)(CC)CC. The molecule has 0 N–H and O–H groups in total. The first kappa shape index (κ1) is 7.22. The molecule has 0 aliphatic carbocycles. The normalized spacial score (nSPS) is 12.0. The van der Waals surface area contributed by atoms with Gasteiger partial charge in [-0.3, -0.25) is 0 Å². The molecule has 0 heterocycles. The lowest BCUT2D eigenvalue weighted by Crippen LogP contribution is -2.22. The van der Waals surface area contributed by atoms with Crippen LogP contribution in [0, 0.1) is 6.55 Å². The van der Waals surface area contributed by atoms with E-state index in [1.807, 2.05) is 0 Å².